The van der Waals surface area contributed by atoms with Crippen LogP contribution in [0.3, 0.4) is 0 Å². The van der Waals surface area contributed by atoms with E-state index in [1.54, 1.807) is 38.2 Å². The number of methoxy groups -OCH3 is 1. The van der Waals surface area contributed by atoms with Crippen LogP contribution in [0.5, 0.6) is 5.75 Å². The smallest absolute Gasteiger partial charge is 0.161 e. The summed E-state index contributed by atoms with van der Waals surface area (Å²) in [6, 6.07) is 9.84. The van der Waals surface area contributed by atoms with Gasteiger partial charge in [-0.1, -0.05) is 12.1 Å². The minimum absolute atomic E-state index is 0.0411. The first kappa shape index (κ1) is 13.6. The first-order valence-electron chi connectivity index (χ1n) is 5.91. The molecule has 19 heavy (non-hydrogen) atoms. The molecule has 0 fully saturated rings. The second-order valence-corrected chi connectivity index (χ2v) is 5.15. The number of thioether (sulfide) groups is 1. The second kappa shape index (κ2) is 6.38. The first-order chi connectivity index (χ1) is 9.19. The van der Waals surface area contributed by atoms with Gasteiger partial charge in [0.05, 0.1) is 7.11 Å². The van der Waals surface area contributed by atoms with Crippen molar-refractivity contribution in [3.05, 3.63) is 53.9 Å². The van der Waals surface area contributed by atoms with Crippen molar-refractivity contribution in [1.82, 2.24) is 4.98 Å². The van der Waals surface area contributed by atoms with Gasteiger partial charge in [0.15, 0.2) is 5.78 Å². The molecule has 0 saturated heterocycles. The third-order valence-electron chi connectivity index (χ3n) is 2.68. The van der Waals surface area contributed by atoms with Gasteiger partial charge in [-0.15, -0.1) is 11.8 Å². The van der Waals surface area contributed by atoms with E-state index in [-0.39, 0.29) is 5.78 Å². The molecule has 1 aromatic carbocycles. The molecule has 0 unspecified atom stereocenters. The van der Waals surface area contributed by atoms with Crippen LogP contribution >= 0.6 is 11.8 Å². The van der Waals surface area contributed by atoms with Gasteiger partial charge < -0.3 is 4.74 Å². The van der Waals surface area contributed by atoms with Crippen molar-refractivity contribution in [1.29, 1.82) is 0 Å². The Hall–Kier alpha value is -1.81. The molecule has 0 amide bonds. The SMILES string of the molecule is COc1ccc(CSc2cncc(C(C)=O)c2)cc1. The highest BCUT2D eigenvalue weighted by Gasteiger charge is 2.02. The topological polar surface area (TPSA) is 39.2 Å². The fourth-order valence-electron chi connectivity index (χ4n) is 1.58. The number of carbonyl (C=O) groups is 1. The molecule has 0 aliphatic rings. The number of ether oxygens (including phenoxy) is 1. The van der Waals surface area contributed by atoms with Gasteiger partial charge >= 0.3 is 0 Å². The van der Waals surface area contributed by atoms with Crippen LogP contribution in [-0.4, -0.2) is 17.9 Å². The Morgan fingerprint density at radius 3 is 2.63 bits per heavy atom. The average molecular weight is 273 g/mol. The first-order valence-corrected chi connectivity index (χ1v) is 6.89. The molecule has 0 aliphatic heterocycles. The molecule has 0 spiro atoms. The van der Waals surface area contributed by atoms with Crippen LogP contribution < -0.4 is 4.74 Å². The number of carbonyl (C=O) groups excluding carboxylic acids is 1. The lowest BCUT2D eigenvalue weighted by Crippen LogP contribution is -1.93. The van der Waals surface area contributed by atoms with E-state index in [2.05, 4.69) is 4.98 Å². The van der Waals surface area contributed by atoms with Gasteiger partial charge in [-0.05, 0) is 30.7 Å². The number of benzene rings is 1. The number of rotatable bonds is 5. The predicted octanol–water partition coefficient (Wildman–Crippen LogP) is 3.59. The number of hydrogen-bond donors (Lipinski definition) is 0. The third-order valence-corrected chi connectivity index (χ3v) is 3.72. The zero-order valence-electron chi connectivity index (χ0n) is 10.9. The van der Waals surface area contributed by atoms with Crippen LogP contribution in [0.2, 0.25) is 0 Å². The van der Waals surface area contributed by atoms with E-state index in [9.17, 15) is 4.79 Å². The van der Waals surface area contributed by atoms with E-state index in [0.717, 1.165) is 16.4 Å². The molecular formula is C15H15NO2S. The van der Waals surface area contributed by atoms with Gasteiger partial charge in [-0.25, -0.2) is 0 Å². The molecule has 2 rings (SSSR count). The molecule has 0 atom stereocenters. The predicted molar refractivity (Wildman–Crippen MR) is 76.8 cm³/mol. The Balaban J connectivity index is 2.01. The third kappa shape index (κ3) is 3.83. The van der Waals surface area contributed by atoms with Crippen LogP contribution in [0, 0.1) is 0 Å². The average Bonchev–Trinajstić information content (AvgIpc) is 2.46. The fourth-order valence-corrected chi connectivity index (χ4v) is 2.45. The quantitative estimate of drug-likeness (QED) is 0.616. The molecule has 0 N–H and O–H groups in total. The molecule has 3 nitrogen and oxygen atoms in total. The zero-order chi connectivity index (χ0) is 13.7. The highest BCUT2D eigenvalue weighted by atomic mass is 32.2. The lowest BCUT2D eigenvalue weighted by molar-refractivity contribution is 0.101. The number of ketones is 1. The lowest BCUT2D eigenvalue weighted by Gasteiger charge is -2.04. The summed E-state index contributed by atoms with van der Waals surface area (Å²) in [5, 5.41) is 0. The van der Waals surface area contributed by atoms with Crippen LogP contribution in [0.4, 0.5) is 0 Å². The maximum atomic E-state index is 11.3. The van der Waals surface area contributed by atoms with E-state index in [1.807, 2.05) is 30.3 Å². The summed E-state index contributed by atoms with van der Waals surface area (Å²) >= 11 is 1.66. The molecule has 1 heterocycles. The summed E-state index contributed by atoms with van der Waals surface area (Å²) in [6.07, 6.45) is 3.38. The summed E-state index contributed by atoms with van der Waals surface area (Å²) in [5.41, 5.74) is 1.86. The number of hydrogen-bond acceptors (Lipinski definition) is 4. The molecular weight excluding hydrogens is 258 g/mol. The Kier molecular flexibility index (Phi) is 4.58. The lowest BCUT2D eigenvalue weighted by atomic mass is 10.2. The van der Waals surface area contributed by atoms with Crippen molar-refractivity contribution in [3.63, 3.8) is 0 Å². The van der Waals surface area contributed by atoms with E-state index in [1.165, 1.54) is 5.56 Å². The Labute approximate surface area is 117 Å². The van der Waals surface area contributed by atoms with Crippen LogP contribution in [0.1, 0.15) is 22.8 Å². The van der Waals surface area contributed by atoms with Crippen molar-refractivity contribution in [2.75, 3.05) is 7.11 Å². The molecule has 0 radical (unpaired) electrons. The van der Waals surface area contributed by atoms with E-state index < -0.39 is 0 Å². The van der Waals surface area contributed by atoms with Crippen molar-refractivity contribution in [2.45, 2.75) is 17.6 Å². The van der Waals surface area contributed by atoms with E-state index >= 15 is 0 Å². The molecule has 4 heteroatoms. The van der Waals surface area contributed by atoms with Gasteiger partial charge in [0.1, 0.15) is 5.75 Å². The van der Waals surface area contributed by atoms with Gasteiger partial charge in [0.2, 0.25) is 0 Å². The number of Topliss-reactive ketones (excluding diaryl/α,β-unsaturated/α-hetero) is 1. The van der Waals surface area contributed by atoms with Crippen molar-refractivity contribution in [2.24, 2.45) is 0 Å². The normalized spacial score (nSPS) is 10.2. The zero-order valence-corrected chi connectivity index (χ0v) is 11.7. The summed E-state index contributed by atoms with van der Waals surface area (Å²) in [6.45, 7) is 1.55. The molecule has 2 aromatic rings. The van der Waals surface area contributed by atoms with E-state index in [0.29, 0.717) is 5.56 Å². The second-order valence-electron chi connectivity index (χ2n) is 4.10. The standard InChI is InChI=1S/C15H15NO2S/c1-11(17)13-7-15(9-16-8-13)19-10-12-3-5-14(18-2)6-4-12/h3-9H,10H2,1-2H3. The van der Waals surface area contributed by atoms with Crippen LogP contribution in [0.25, 0.3) is 0 Å². The molecule has 0 aliphatic carbocycles. The molecule has 1 aromatic heterocycles. The Morgan fingerprint density at radius 1 is 1.26 bits per heavy atom. The van der Waals surface area contributed by atoms with Crippen molar-refractivity contribution < 1.29 is 9.53 Å². The fraction of sp³-hybridized carbons (Fsp3) is 0.200. The van der Waals surface area contributed by atoms with Crippen LogP contribution in [-0.2, 0) is 5.75 Å². The summed E-state index contributed by atoms with van der Waals surface area (Å²) < 4.78 is 5.12. The van der Waals surface area contributed by atoms with Crippen molar-refractivity contribution >= 4 is 17.5 Å². The Bertz CT molecular complexity index is 567. The van der Waals surface area contributed by atoms with Gasteiger partial charge in [-0.2, -0.15) is 0 Å². The number of aromatic nitrogens is 1. The van der Waals surface area contributed by atoms with E-state index in [4.69, 9.17) is 4.74 Å². The summed E-state index contributed by atoms with van der Waals surface area (Å²) in [7, 11) is 1.66. The monoisotopic (exact) mass is 273 g/mol. The largest absolute Gasteiger partial charge is 0.497 e. The minimum atomic E-state index is 0.0411. The van der Waals surface area contributed by atoms with Gasteiger partial charge in [0, 0.05) is 28.6 Å². The minimum Gasteiger partial charge on any atom is -0.497 e. The van der Waals surface area contributed by atoms with Crippen molar-refractivity contribution in [3.8, 4) is 5.75 Å². The number of pyridine rings is 1. The molecule has 0 saturated carbocycles. The molecule has 0 bridgehead atoms. The Morgan fingerprint density at radius 2 is 2.00 bits per heavy atom. The highest BCUT2D eigenvalue weighted by molar-refractivity contribution is 7.98. The maximum absolute atomic E-state index is 11.3. The number of nitrogens with zero attached hydrogens (tertiary/aromatic N) is 1. The highest BCUT2D eigenvalue weighted by Crippen LogP contribution is 2.24. The van der Waals surface area contributed by atoms with Gasteiger partial charge in [0.25, 0.3) is 0 Å². The summed E-state index contributed by atoms with van der Waals surface area (Å²) in [5.74, 6) is 1.74. The van der Waals surface area contributed by atoms with Crippen LogP contribution in [0.15, 0.2) is 47.6 Å². The maximum Gasteiger partial charge on any atom is 0.161 e. The summed E-state index contributed by atoms with van der Waals surface area (Å²) in [4.78, 5) is 16.4. The molecule has 98 valence electrons. The van der Waals surface area contributed by atoms with Gasteiger partial charge in [-0.3, -0.25) is 9.78 Å².